The lowest BCUT2D eigenvalue weighted by molar-refractivity contribution is -0.144. The summed E-state index contributed by atoms with van der Waals surface area (Å²) in [5.41, 5.74) is 0.708. The van der Waals surface area contributed by atoms with Crippen LogP contribution >= 0.6 is 15.9 Å². The lowest BCUT2D eigenvalue weighted by Gasteiger charge is -2.11. The van der Waals surface area contributed by atoms with Crippen molar-refractivity contribution < 1.29 is 53.1 Å². The number of aliphatic carboxylic acids is 2. The lowest BCUT2D eigenvalue weighted by Crippen LogP contribution is -2.28. The van der Waals surface area contributed by atoms with Crippen LogP contribution in [-0.2, 0) is 56.0 Å². The molecular weight excluding hydrogens is 792 g/mol. The number of nitrogens with zero attached hydrogens (tertiary/aromatic N) is 3. The van der Waals surface area contributed by atoms with Crippen LogP contribution in [0.3, 0.4) is 0 Å². The smallest absolute Gasteiger partial charge is 0.306 e. The number of unbranched alkanes of at least 4 members (excludes halogenated alkanes) is 14. The largest absolute Gasteiger partial charge is 0.481 e. The monoisotopic (exact) mass is 862 g/mol. The number of aromatic nitrogens is 3. The molecule has 0 saturated heterocycles. The first-order valence-corrected chi connectivity index (χ1v) is 22.0. The highest BCUT2D eigenvalue weighted by molar-refractivity contribution is 9.09. The van der Waals surface area contributed by atoms with Crippen LogP contribution in [0.15, 0.2) is 6.20 Å². The molecule has 0 saturated carbocycles. The molecule has 0 aliphatic heterocycles. The number of ketones is 1. The fourth-order valence-corrected chi connectivity index (χ4v) is 6.15. The second-order valence-electron chi connectivity index (χ2n) is 14.1. The minimum absolute atomic E-state index is 0.0467. The fourth-order valence-electron chi connectivity index (χ4n) is 5.95. The second-order valence-corrected chi connectivity index (χ2v) is 14.6. The van der Waals surface area contributed by atoms with Gasteiger partial charge in [0.25, 0.3) is 0 Å². The maximum absolute atomic E-state index is 12.5. The summed E-state index contributed by atoms with van der Waals surface area (Å²) >= 11 is 3.08. The summed E-state index contributed by atoms with van der Waals surface area (Å²) in [4.78, 5) is 45.9. The van der Waals surface area contributed by atoms with Crippen molar-refractivity contribution in [3.05, 3.63) is 11.9 Å². The molecule has 56 heavy (non-hydrogen) atoms. The number of nitrogens with one attached hydrogen (secondary N) is 1. The molecule has 3 N–H and O–H groups in total. The van der Waals surface area contributed by atoms with Crippen molar-refractivity contribution in [2.45, 2.75) is 142 Å². The van der Waals surface area contributed by atoms with E-state index in [0.717, 1.165) is 44.9 Å². The quantitative estimate of drug-likeness (QED) is 0.0474. The maximum Gasteiger partial charge on any atom is 0.306 e. The van der Waals surface area contributed by atoms with Crippen LogP contribution in [0.4, 0.5) is 0 Å². The van der Waals surface area contributed by atoms with Crippen molar-refractivity contribution in [1.29, 1.82) is 0 Å². The Kier molecular flexibility index (Phi) is 35.0. The minimum atomic E-state index is -0.902. The Balaban J connectivity index is 1.94. The van der Waals surface area contributed by atoms with Crippen LogP contribution in [0.1, 0.15) is 134 Å². The number of rotatable bonds is 43. The van der Waals surface area contributed by atoms with Crippen molar-refractivity contribution in [1.82, 2.24) is 20.3 Å². The zero-order valence-corrected chi connectivity index (χ0v) is 35.4. The molecule has 0 aromatic carbocycles. The first kappa shape index (κ1) is 51.5. The number of ether oxygens (including phenoxy) is 5. The van der Waals surface area contributed by atoms with E-state index in [1.807, 2.05) is 6.20 Å². The van der Waals surface area contributed by atoms with Gasteiger partial charge in [-0.25, -0.2) is 0 Å². The Morgan fingerprint density at radius 1 is 0.643 bits per heavy atom. The molecular formula is C40H71BrN4O11. The Labute approximate surface area is 342 Å². The Hall–Kier alpha value is -2.50. The van der Waals surface area contributed by atoms with Gasteiger partial charge in [-0.2, -0.15) is 0 Å². The van der Waals surface area contributed by atoms with E-state index in [1.54, 1.807) is 4.68 Å². The molecule has 1 heterocycles. The number of alkyl halides is 1. The van der Waals surface area contributed by atoms with E-state index in [4.69, 9.17) is 28.8 Å². The van der Waals surface area contributed by atoms with Crippen LogP contribution in [0.25, 0.3) is 0 Å². The number of aryl methyl sites for hydroxylation is 1. The van der Waals surface area contributed by atoms with Crippen molar-refractivity contribution in [2.24, 2.45) is 5.92 Å². The van der Waals surface area contributed by atoms with Crippen LogP contribution in [-0.4, -0.2) is 120 Å². The fraction of sp³-hybridized carbons (Fsp3) is 0.850. The second kappa shape index (κ2) is 38.0. The number of Topliss-reactive ketones (excluding diaryl/α,β-unsaturated/α-hetero) is 1. The van der Waals surface area contributed by atoms with Crippen molar-refractivity contribution >= 4 is 39.6 Å². The third-order valence-corrected chi connectivity index (χ3v) is 9.63. The molecule has 16 heteroatoms. The molecule has 1 aromatic rings. The molecule has 1 aromatic heterocycles. The Morgan fingerprint density at radius 3 is 1.62 bits per heavy atom. The van der Waals surface area contributed by atoms with Gasteiger partial charge >= 0.3 is 11.9 Å². The van der Waals surface area contributed by atoms with E-state index in [0.29, 0.717) is 104 Å². The number of amides is 1. The van der Waals surface area contributed by atoms with E-state index in [9.17, 15) is 24.3 Å². The number of hydrogen-bond acceptors (Lipinski definition) is 11. The van der Waals surface area contributed by atoms with Crippen LogP contribution in [0, 0.1) is 5.92 Å². The van der Waals surface area contributed by atoms with Crippen LogP contribution < -0.4 is 5.32 Å². The summed E-state index contributed by atoms with van der Waals surface area (Å²) in [6.45, 7) is 5.43. The third-order valence-electron chi connectivity index (χ3n) is 9.12. The number of carbonyl (C=O) groups excluding carboxylic acids is 2. The molecule has 1 atom stereocenters. The zero-order valence-electron chi connectivity index (χ0n) is 33.8. The van der Waals surface area contributed by atoms with Crippen molar-refractivity contribution in [3.8, 4) is 0 Å². The van der Waals surface area contributed by atoms with Gasteiger partial charge in [0.05, 0.1) is 83.5 Å². The normalized spacial score (nSPS) is 11.9. The highest BCUT2D eigenvalue weighted by Crippen LogP contribution is 2.18. The number of carbonyl (C=O) groups is 4. The van der Waals surface area contributed by atoms with Gasteiger partial charge in [-0.3, -0.25) is 23.9 Å². The van der Waals surface area contributed by atoms with Gasteiger partial charge in [-0.05, 0) is 25.7 Å². The number of carboxylic acids is 2. The lowest BCUT2D eigenvalue weighted by atomic mass is 9.94. The van der Waals surface area contributed by atoms with Gasteiger partial charge in [0.15, 0.2) is 0 Å². The summed E-state index contributed by atoms with van der Waals surface area (Å²) in [7, 11) is 0. The minimum Gasteiger partial charge on any atom is -0.481 e. The molecule has 0 radical (unpaired) electrons. The number of halogens is 1. The molecule has 1 rings (SSSR count). The SMILES string of the molecule is O=C(O)CCCCCCCCCCCCCCCCC(=O)CC(CCCCn1cc(COCCOCCOCCOCCOCCNC(=O)CBr)nn1)C(=O)O. The van der Waals surface area contributed by atoms with Gasteiger partial charge in [0.1, 0.15) is 11.5 Å². The topological polar surface area (TPSA) is 198 Å². The average molecular weight is 864 g/mol. The molecule has 15 nitrogen and oxygen atoms in total. The van der Waals surface area contributed by atoms with Gasteiger partial charge < -0.3 is 39.2 Å². The molecule has 1 unspecified atom stereocenters. The van der Waals surface area contributed by atoms with Gasteiger partial charge in [0, 0.05) is 32.4 Å². The molecule has 0 aliphatic carbocycles. The Morgan fingerprint density at radius 2 is 1.12 bits per heavy atom. The molecule has 1 amide bonds. The maximum atomic E-state index is 12.5. The molecule has 0 fully saturated rings. The highest BCUT2D eigenvalue weighted by Gasteiger charge is 2.20. The predicted molar refractivity (Wildman–Crippen MR) is 216 cm³/mol. The molecule has 0 spiro atoms. The predicted octanol–water partition coefficient (Wildman–Crippen LogP) is 6.53. The highest BCUT2D eigenvalue weighted by atomic mass is 79.9. The third kappa shape index (κ3) is 33.6. The van der Waals surface area contributed by atoms with Gasteiger partial charge in [0.2, 0.25) is 5.91 Å². The standard InChI is InChI=1S/C40H71BrN4O11/c41-32-38(47)42-20-22-52-23-24-53-25-26-54-27-28-55-29-30-56-34-36-33-45(44-43-36)21-16-15-17-35(40(50)51)31-37(46)18-13-11-9-7-5-3-1-2-4-6-8-10-12-14-19-39(48)49/h33,35H,1-32,34H2,(H,42,47)(H,48,49)(H,50,51). The average Bonchev–Trinajstić information content (AvgIpc) is 3.64. The molecule has 0 bridgehead atoms. The summed E-state index contributed by atoms with van der Waals surface area (Å²) in [5, 5.41) is 29.6. The van der Waals surface area contributed by atoms with E-state index in [1.165, 1.54) is 51.4 Å². The zero-order chi connectivity index (χ0) is 40.7. The van der Waals surface area contributed by atoms with E-state index in [-0.39, 0.29) is 29.9 Å². The first-order chi connectivity index (χ1) is 27.3. The van der Waals surface area contributed by atoms with Gasteiger partial charge in [-0.15, -0.1) is 5.10 Å². The molecule has 0 aliphatic rings. The van der Waals surface area contributed by atoms with Crippen molar-refractivity contribution in [2.75, 3.05) is 71.3 Å². The van der Waals surface area contributed by atoms with E-state index < -0.39 is 17.9 Å². The summed E-state index contributed by atoms with van der Waals surface area (Å²) < 4.78 is 29.1. The van der Waals surface area contributed by atoms with E-state index >= 15 is 0 Å². The van der Waals surface area contributed by atoms with Crippen LogP contribution in [0.5, 0.6) is 0 Å². The number of hydrogen-bond donors (Lipinski definition) is 3. The summed E-state index contributed by atoms with van der Waals surface area (Å²) in [5.74, 6) is -2.27. The van der Waals surface area contributed by atoms with Gasteiger partial charge in [-0.1, -0.05) is 105 Å². The summed E-state index contributed by atoms with van der Waals surface area (Å²) in [6, 6.07) is 0. The van der Waals surface area contributed by atoms with Crippen molar-refractivity contribution in [3.63, 3.8) is 0 Å². The Bertz CT molecular complexity index is 1130. The summed E-state index contributed by atoms with van der Waals surface area (Å²) in [6.07, 6.45) is 20.4. The first-order valence-electron chi connectivity index (χ1n) is 20.9. The van der Waals surface area contributed by atoms with E-state index in [2.05, 4.69) is 31.6 Å². The number of carboxylic acid groups (broad SMARTS) is 2. The van der Waals surface area contributed by atoms with Crippen LogP contribution in [0.2, 0.25) is 0 Å². The molecule has 324 valence electrons.